The van der Waals surface area contributed by atoms with E-state index in [1.54, 1.807) is 0 Å². The highest BCUT2D eigenvalue weighted by atomic mass is 13.8. The molecular weight excluding hydrogens is 132 g/mol. The van der Waals surface area contributed by atoms with Crippen molar-refractivity contribution >= 4 is 0 Å². The molecule has 0 fully saturated rings. The molecule has 0 saturated carbocycles. The molecule has 1 rings (SSSR count). The van der Waals surface area contributed by atoms with Crippen molar-refractivity contribution in [2.75, 3.05) is 0 Å². The summed E-state index contributed by atoms with van der Waals surface area (Å²) < 4.78 is 0. The average Bonchev–Trinajstić information content (AvgIpc) is 2.08. The van der Waals surface area contributed by atoms with Crippen LogP contribution in [0.5, 0.6) is 0 Å². The normalized spacial score (nSPS) is 18.2. The molecule has 0 unspecified atom stereocenters. The van der Waals surface area contributed by atoms with Gasteiger partial charge in [-0.25, -0.2) is 0 Å². The number of rotatable bonds is 0. The Morgan fingerprint density at radius 3 is 2.55 bits per heavy atom. The summed E-state index contributed by atoms with van der Waals surface area (Å²) in [6.45, 7) is 0. The van der Waals surface area contributed by atoms with Crippen LogP contribution in [-0.4, -0.2) is 0 Å². The summed E-state index contributed by atoms with van der Waals surface area (Å²) in [6.07, 6.45) is 21.0. The summed E-state index contributed by atoms with van der Waals surface area (Å²) in [4.78, 5) is 0. The minimum atomic E-state index is 0.935. The first-order valence-corrected chi connectivity index (χ1v) is 4.03. The van der Waals surface area contributed by atoms with Gasteiger partial charge in [0.1, 0.15) is 0 Å². The summed E-state index contributed by atoms with van der Waals surface area (Å²) in [5.41, 5.74) is 0. The molecule has 0 aliphatic heterocycles. The van der Waals surface area contributed by atoms with Gasteiger partial charge in [0, 0.05) is 0 Å². The highest BCUT2D eigenvalue weighted by Crippen LogP contribution is 1.96. The van der Waals surface area contributed by atoms with Crippen LogP contribution < -0.4 is 0 Å². The van der Waals surface area contributed by atoms with Gasteiger partial charge in [-0.3, -0.25) is 0 Å². The van der Waals surface area contributed by atoms with Crippen LogP contribution in [-0.2, 0) is 0 Å². The lowest BCUT2D eigenvalue weighted by molar-refractivity contribution is 1.04. The molecule has 57 valence electrons. The van der Waals surface area contributed by atoms with Crippen molar-refractivity contribution in [3.63, 3.8) is 0 Å². The SMILES string of the molecule is [C]1=CCCC=CC=CC=CC1. The molecule has 0 heterocycles. The van der Waals surface area contributed by atoms with E-state index in [0.29, 0.717) is 0 Å². The second-order valence-corrected chi connectivity index (χ2v) is 2.43. The quantitative estimate of drug-likeness (QED) is 0.491. The Labute approximate surface area is 68.6 Å². The van der Waals surface area contributed by atoms with Crippen molar-refractivity contribution in [3.05, 3.63) is 48.6 Å². The average molecular weight is 145 g/mol. The summed E-state index contributed by atoms with van der Waals surface area (Å²) in [6, 6.07) is 0. The van der Waals surface area contributed by atoms with E-state index in [2.05, 4.69) is 42.5 Å². The van der Waals surface area contributed by atoms with E-state index < -0.39 is 0 Å². The summed E-state index contributed by atoms with van der Waals surface area (Å²) >= 11 is 0. The maximum absolute atomic E-state index is 3.20. The summed E-state index contributed by atoms with van der Waals surface area (Å²) in [5, 5.41) is 0. The lowest BCUT2D eigenvalue weighted by Gasteiger charge is -1.83. The van der Waals surface area contributed by atoms with Crippen LogP contribution in [0, 0.1) is 6.08 Å². The van der Waals surface area contributed by atoms with E-state index in [9.17, 15) is 0 Å². The smallest absolute Gasteiger partial charge is 0.00948 e. The first kappa shape index (κ1) is 8.06. The fraction of sp³-hybridized carbons (Fsp3) is 0.273. The molecule has 0 bridgehead atoms. The molecule has 0 heteroatoms. The first-order chi connectivity index (χ1) is 5.50. The van der Waals surface area contributed by atoms with Crippen molar-refractivity contribution in [2.24, 2.45) is 0 Å². The molecule has 0 saturated heterocycles. The van der Waals surface area contributed by atoms with Crippen LogP contribution in [0.1, 0.15) is 19.3 Å². The molecule has 1 aliphatic carbocycles. The molecule has 0 atom stereocenters. The topological polar surface area (TPSA) is 0 Å². The van der Waals surface area contributed by atoms with Gasteiger partial charge >= 0.3 is 0 Å². The van der Waals surface area contributed by atoms with E-state index in [-0.39, 0.29) is 0 Å². The third kappa shape index (κ3) is 4.38. The molecule has 0 amide bonds. The largest absolute Gasteiger partial charge is 0.0842 e. The van der Waals surface area contributed by atoms with E-state index in [4.69, 9.17) is 0 Å². The Morgan fingerprint density at radius 2 is 1.64 bits per heavy atom. The van der Waals surface area contributed by atoms with E-state index in [0.717, 1.165) is 19.3 Å². The molecule has 0 spiro atoms. The molecule has 1 aliphatic rings. The van der Waals surface area contributed by atoms with Gasteiger partial charge < -0.3 is 0 Å². The maximum Gasteiger partial charge on any atom is -0.00948 e. The van der Waals surface area contributed by atoms with Crippen LogP contribution in [0.2, 0.25) is 0 Å². The third-order valence-corrected chi connectivity index (χ3v) is 1.46. The zero-order valence-electron chi connectivity index (χ0n) is 6.66. The van der Waals surface area contributed by atoms with Crippen LogP contribution in [0.3, 0.4) is 0 Å². The molecule has 0 aromatic heterocycles. The standard InChI is InChI=1S/C11H13/c1-2-4-6-8-10-11-9-7-5-3-1/h1-6,11H,7-9H2. The van der Waals surface area contributed by atoms with Gasteiger partial charge in [-0.15, -0.1) is 0 Å². The van der Waals surface area contributed by atoms with Crippen molar-refractivity contribution < 1.29 is 0 Å². The van der Waals surface area contributed by atoms with E-state index >= 15 is 0 Å². The van der Waals surface area contributed by atoms with Crippen molar-refractivity contribution in [3.8, 4) is 0 Å². The lowest BCUT2D eigenvalue weighted by atomic mass is 10.2. The highest BCUT2D eigenvalue weighted by Gasteiger charge is 1.77. The summed E-state index contributed by atoms with van der Waals surface area (Å²) in [7, 11) is 0. The second kappa shape index (κ2) is 5.72. The van der Waals surface area contributed by atoms with Crippen LogP contribution in [0.4, 0.5) is 0 Å². The fourth-order valence-corrected chi connectivity index (χ4v) is 0.883. The number of allylic oxidation sites excluding steroid dienone is 8. The zero-order valence-corrected chi connectivity index (χ0v) is 6.66. The maximum atomic E-state index is 3.20. The molecule has 0 N–H and O–H groups in total. The molecule has 0 nitrogen and oxygen atoms in total. The van der Waals surface area contributed by atoms with Crippen LogP contribution in [0.25, 0.3) is 0 Å². The number of hydrogen-bond acceptors (Lipinski definition) is 0. The minimum absolute atomic E-state index is 0.935. The molecule has 11 heavy (non-hydrogen) atoms. The van der Waals surface area contributed by atoms with Crippen molar-refractivity contribution in [2.45, 2.75) is 19.3 Å². The van der Waals surface area contributed by atoms with Gasteiger partial charge in [0.05, 0.1) is 0 Å². The van der Waals surface area contributed by atoms with Gasteiger partial charge in [0.2, 0.25) is 0 Å². The zero-order chi connectivity index (χ0) is 7.78. The predicted molar refractivity (Wildman–Crippen MR) is 49.1 cm³/mol. The summed E-state index contributed by atoms with van der Waals surface area (Å²) in [5.74, 6) is 0. The second-order valence-electron chi connectivity index (χ2n) is 2.43. The van der Waals surface area contributed by atoms with Crippen LogP contribution >= 0.6 is 0 Å². The van der Waals surface area contributed by atoms with Crippen molar-refractivity contribution in [1.82, 2.24) is 0 Å². The highest BCUT2D eigenvalue weighted by molar-refractivity contribution is 5.12. The van der Waals surface area contributed by atoms with Gasteiger partial charge in [-0.2, -0.15) is 0 Å². The Hall–Kier alpha value is -1.04. The van der Waals surface area contributed by atoms with Gasteiger partial charge in [-0.05, 0) is 25.3 Å². The van der Waals surface area contributed by atoms with E-state index in [1.165, 1.54) is 0 Å². The molecule has 0 aromatic carbocycles. The Balaban J connectivity index is 2.47. The number of hydrogen-bond donors (Lipinski definition) is 0. The van der Waals surface area contributed by atoms with Gasteiger partial charge in [0.25, 0.3) is 0 Å². The van der Waals surface area contributed by atoms with Gasteiger partial charge in [-0.1, -0.05) is 42.5 Å². The monoisotopic (exact) mass is 145 g/mol. The lowest BCUT2D eigenvalue weighted by Crippen LogP contribution is -1.64. The van der Waals surface area contributed by atoms with Gasteiger partial charge in [0.15, 0.2) is 0 Å². The van der Waals surface area contributed by atoms with Crippen LogP contribution in [0.15, 0.2) is 42.5 Å². The Bertz CT molecular complexity index is 192. The molecule has 0 aromatic rings. The predicted octanol–water partition coefficient (Wildman–Crippen LogP) is 3.20. The third-order valence-electron chi connectivity index (χ3n) is 1.46. The van der Waals surface area contributed by atoms with Crippen molar-refractivity contribution in [1.29, 1.82) is 0 Å². The Morgan fingerprint density at radius 1 is 0.818 bits per heavy atom. The van der Waals surface area contributed by atoms with E-state index in [1.807, 2.05) is 6.08 Å². The minimum Gasteiger partial charge on any atom is -0.0842 e. The Kier molecular flexibility index (Phi) is 4.19. The fourth-order valence-electron chi connectivity index (χ4n) is 0.883. The molecule has 1 radical (unpaired) electrons. The first-order valence-electron chi connectivity index (χ1n) is 4.03. The molecular formula is C11H13.